The first-order valence-electron chi connectivity index (χ1n) is 10.3. The van der Waals surface area contributed by atoms with Crippen LogP contribution in [0.2, 0.25) is 0 Å². The molecule has 2 N–H and O–H groups in total. The highest BCUT2D eigenvalue weighted by atomic mass is 16.5. The van der Waals surface area contributed by atoms with Crippen LogP contribution in [0.15, 0.2) is 30.3 Å². The zero-order chi connectivity index (χ0) is 21.0. The summed E-state index contributed by atoms with van der Waals surface area (Å²) in [5.41, 5.74) is 1.61. The third-order valence-electron chi connectivity index (χ3n) is 5.74. The molecule has 0 unspecified atom stereocenters. The molecule has 1 heterocycles. The zero-order valence-corrected chi connectivity index (χ0v) is 17.4. The number of hydrogen-bond donors (Lipinski definition) is 2. The normalized spacial score (nSPS) is 19.7. The lowest BCUT2D eigenvalue weighted by molar-refractivity contribution is -0.136. The maximum Gasteiger partial charge on any atom is 0.305 e. The van der Waals surface area contributed by atoms with Gasteiger partial charge in [0.15, 0.2) is 0 Å². The van der Waals surface area contributed by atoms with E-state index in [-0.39, 0.29) is 25.0 Å². The first kappa shape index (κ1) is 21.1. The van der Waals surface area contributed by atoms with Crippen LogP contribution in [0, 0.1) is 11.3 Å². The number of nitrogens with one attached hydrogen (secondary N) is 1. The van der Waals surface area contributed by atoms with Gasteiger partial charge in [0.1, 0.15) is 6.10 Å². The molecule has 0 atom stereocenters. The maximum absolute atomic E-state index is 12.1. The van der Waals surface area contributed by atoms with Crippen LogP contribution < -0.4 is 10.1 Å². The Morgan fingerprint density at radius 3 is 2.52 bits per heavy atom. The first-order chi connectivity index (χ1) is 13.7. The summed E-state index contributed by atoms with van der Waals surface area (Å²) < 4.78 is 6.13. The lowest BCUT2D eigenvalue weighted by Crippen LogP contribution is -2.30. The molecule has 0 radical (unpaired) electrons. The van der Waals surface area contributed by atoms with Crippen molar-refractivity contribution >= 4 is 22.8 Å². The maximum atomic E-state index is 12.1. The summed E-state index contributed by atoms with van der Waals surface area (Å²) in [5, 5.41) is 12.1. The molecule has 1 aliphatic carbocycles. The molecular weight excluding hydrogens is 368 g/mol. The molecule has 1 fully saturated rings. The van der Waals surface area contributed by atoms with Crippen LogP contribution in [0.25, 0.3) is 10.9 Å². The van der Waals surface area contributed by atoms with Crippen molar-refractivity contribution in [2.45, 2.75) is 59.0 Å². The van der Waals surface area contributed by atoms with E-state index >= 15 is 0 Å². The number of carboxylic acids is 1. The molecule has 29 heavy (non-hydrogen) atoms. The minimum absolute atomic E-state index is 0.0980. The van der Waals surface area contributed by atoms with Crippen molar-refractivity contribution in [2.24, 2.45) is 11.3 Å². The van der Waals surface area contributed by atoms with Crippen LogP contribution in [0.1, 0.15) is 63.2 Å². The summed E-state index contributed by atoms with van der Waals surface area (Å²) in [6, 6.07) is 9.02. The molecule has 1 aliphatic rings. The minimum atomic E-state index is -0.938. The van der Waals surface area contributed by atoms with Gasteiger partial charge in [-0.05, 0) is 61.3 Å². The Labute approximate surface area is 171 Å². The average molecular weight is 399 g/mol. The fourth-order valence-corrected chi connectivity index (χ4v) is 3.92. The minimum Gasteiger partial charge on any atom is -0.481 e. The second kappa shape index (κ2) is 8.80. The Kier molecular flexibility index (Phi) is 6.40. The van der Waals surface area contributed by atoms with E-state index in [0.29, 0.717) is 16.9 Å². The number of aromatic nitrogens is 1. The molecule has 1 aromatic heterocycles. The molecule has 156 valence electrons. The van der Waals surface area contributed by atoms with Gasteiger partial charge in [-0.3, -0.25) is 9.59 Å². The lowest BCUT2D eigenvalue weighted by atomic mass is 9.72. The number of carbonyl (C=O) groups is 2. The predicted molar refractivity (Wildman–Crippen MR) is 112 cm³/mol. The fourth-order valence-electron chi connectivity index (χ4n) is 3.92. The highest BCUT2D eigenvalue weighted by Gasteiger charge is 2.30. The summed E-state index contributed by atoms with van der Waals surface area (Å²) in [7, 11) is 0. The molecule has 0 aliphatic heterocycles. The summed E-state index contributed by atoms with van der Waals surface area (Å²) in [6.45, 7) is 7.04. The Balaban J connectivity index is 1.61. The number of ether oxygens (including phenoxy) is 1. The SMILES string of the molecule is CC(C)(C)[C@H]1CC[C@H](Oc2ccc3cc(C(=O)NCCC(=O)O)ccc3n2)CC1. The Hall–Kier alpha value is -2.63. The van der Waals surface area contributed by atoms with Crippen LogP contribution in [0.5, 0.6) is 5.88 Å². The smallest absolute Gasteiger partial charge is 0.305 e. The molecule has 0 saturated heterocycles. The van der Waals surface area contributed by atoms with Crippen LogP contribution >= 0.6 is 0 Å². The van der Waals surface area contributed by atoms with E-state index in [1.807, 2.05) is 12.1 Å². The van der Waals surface area contributed by atoms with E-state index in [1.165, 1.54) is 12.8 Å². The second-order valence-corrected chi connectivity index (χ2v) is 8.91. The number of benzene rings is 1. The summed E-state index contributed by atoms with van der Waals surface area (Å²) >= 11 is 0. The van der Waals surface area contributed by atoms with Gasteiger partial charge in [-0.1, -0.05) is 20.8 Å². The van der Waals surface area contributed by atoms with Crippen LogP contribution in [0.4, 0.5) is 0 Å². The van der Waals surface area contributed by atoms with E-state index < -0.39 is 5.97 Å². The number of aliphatic carboxylic acids is 1. The van der Waals surface area contributed by atoms with Gasteiger partial charge in [-0.15, -0.1) is 0 Å². The van der Waals surface area contributed by atoms with Crippen molar-refractivity contribution < 1.29 is 19.4 Å². The highest BCUT2D eigenvalue weighted by molar-refractivity contribution is 5.98. The molecule has 1 aromatic carbocycles. The standard InChI is InChI=1S/C23H30N2O4/c1-23(2,3)17-6-8-18(9-7-17)29-20-11-5-15-14-16(4-10-19(15)25-20)22(28)24-13-12-21(26)27/h4-5,10-11,14,17-18H,6-9,12-13H2,1-3H3,(H,24,28)(H,26,27)/t17-,18-. The summed E-state index contributed by atoms with van der Waals surface area (Å²) in [4.78, 5) is 27.3. The van der Waals surface area contributed by atoms with E-state index in [1.54, 1.807) is 18.2 Å². The lowest BCUT2D eigenvalue weighted by Gasteiger charge is -2.36. The number of rotatable bonds is 6. The highest BCUT2D eigenvalue weighted by Crippen LogP contribution is 2.38. The summed E-state index contributed by atoms with van der Waals surface area (Å²) in [5.74, 6) is 0.138. The van der Waals surface area contributed by atoms with Crippen LogP contribution in [-0.4, -0.2) is 34.6 Å². The molecule has 6 nitrogen and oxygen atoms in total. The largest absolute Gasteiger partial charge is 0.481 e. The monoisotopic (exact) mass is 398 g/mol. The van der Waals surface area contributed by atoms with Crippen molar-refractivity contribution in [1.29, 1.82) is 0 Å². The van der Waals surface area contributed by atoms with Gasteiger partial charge >= 0.3 is 5.97 Å². The molecular formula is C23H30N2O4. The molecule has 6 heteroatoms. The topological polar surface area (TPSA) is 88.5 Å². The Morgan fingerprint density at radius 1 is 1.14 bits per heavy atom. The summed E-state index contributed by atoms with van der Waals surface area (Å²) in [6.07, 6.45) is 4.58. The number of pyridine rings is 1. The van der Waals surface area contributed by atoms with Crippen LogP contribution in [-0.2, 0) is 4.79 Å². The number of amides is 1. The van der Waals surface area contributed by atoms with Crippen molar-refractivity contribution in [3.63, 3.8) is 0 Å². The van der Waals surface area contributed by atoms with Gasteiger partial charge in [0, 0.05) is 23.6 Å². The van der Waals surface area contributed by atoms with Crippen molar-refractivity contribution in [1.82, 2.24) is 10.3 Å². The van der Waals surface area contributed by atoms with E-state index in [0.717, 1.165) is 29.7 Å². The third-order valence-corrected chi connectivity index (χ3v) is 5.74. The third kappa shape index (κ3) is 5.68. The van der Waals surface area contributed by atoms with Gasteiger partial charge in [0.05, 0.1) is 11.9 Å². The van der Waals surface area contributed by atoms with E-state index in [9.17, 15) is 9.59 Å². The fraction of sp³-hybridized carbons (Fsp3) is 0.522. The zero-order valence-electron chi connectivity index (χ0n) is 17.4. The first-order valence-corrected chi connectivity index (χ1v) is 10.3. The quantitative estimate of drug-likeness (QED) is 0.752. The van der Waals surface area contributed by atoms with Gasteiger partial charge in [0.2, 0.25) is 5.88 Å². The van der Waals surface area contributed by atoms with Crippen molar-refractivity contribution in [2.75, 3.05) is 6.54 Å². The second-order valence-electron chi connectivity index (χ2n) is 8.91. The van der Waals surface area contributed by atoms with E-state index in [4.69, 9.17) is 9.84 Å². The molecule has 3 rings (SSSR count). The number of carboxylic acid groups (broad SMARTS) is 1. The molecule has 2 aromatic rings. The van der Waals surface area contributed by atoms with Gasteiger partial charge in [-0.25, -0.2) is 4.98 Å². The van der Waals surface area contributed by atoms with Gasteiger partial charge in [-0.2, -0.15) is 0 Å². The van der Waals surface area contributed by atoms with Crippen molar-refractivity contribution in [3.8, 4) is 5.88 Å². The van der Waals surface area contributed by atoms with Crippen LogP contribution in [0.3, 0.4) is 0 Å². The molecule has 1 saturated carbocycles. The average Bonchev–Trinajstić information content (AvgIpc) is 2.67. The van der Waals surface area contributed by atoms with Gasteiger partial charge < -0.3 is 15.2 Å². The Morgan fingerprint density at radius 2 is 1.86 bits per heavy atom. The van der Waals surface area contributed by atoms with Crippen molar-refractivity contribution in [3.05, 3.63) is 35.9 Å². The van der Waals surface area contributed by atoms with Gasteiger partial charge in [0.25, 0.3) is 5.91 Å². The molecule has 1 amide bonds. The van der Waals surface area contributed by atoms with E-state index in [2.05, 4.69) is 31.1 Å². The Bertz CT molecular complexity index is 880. The number of fused-ring (bicyclic) bond motifs is 1. The number of hydrogen-bond acceptors (Lipinski definition) is 4. The predicted octanol–water partition coefficient (Wildman–Crippen LogP) is 4.42. The number of nitrogens with zero attached hydrogens (tertiary/aromatic N) is 1. The number of carbonyl (C=O) groups excluding carboxylic acids is 1. The molecule has 0 bridgehead atoms. The molecule has 0 spiro atoms.